The van der Waals surface area contributed by atoms with Crippen LogP contribution in [0.25, 0.3) is 0 Å². The Balaban J connectivity index is 1.59. The molecule has 1 saturated heterocycles. The molecule has 0 radical (unpaired) electrons. The third kappa shape index (κ3) is 4.00. The molecule has 1 aliphatic heterocycles. The van der Waals surface area contributed by atoms with Crippen molar-refractivity contribution in [2.45, 2.75) is 38.6 Å². The SMILES string of the molecule is CCc1nccn1CCN1CCN(S(=O)(=O)c2ccc(C)cc2C)CC1. The Morgan fingerprint density at radius 1 is 1.08 bits per heavy atom. The molecule has 0 unspecified atom stereocenters. The van der Waals surface area contributed by atoms with E-state index >= 15 is 0 Å². The van der Waals surface area contributed by atoms with E-state index in [1.807, 2.05) is 38.4 Å². The van der Waals surface area contributed by atoms with Gasteiger partial charge >= 0.3 is 0 Å². The summed E-state index contributed by atoms with van der Waals surface area (Å²) in [6, 6.07) is 5.53. The normalized spacial score (nSPS) is 16.9. The van der Waals surface area contributed by atoms with Crippen LogP contribution in [0.15, 0.2) is 35.5 Å². The Morgan fingerprint density at radius 2 is 1.81 bits per heavy atom. The van der Waals surface area contributed by atoms with Crippen molar-refractivity contribution in [3.8, 4) is 0 Å². The number of nitrogens with zero attached hydrogens (tertiary/aromatic N) is 4. The fourth-order valence-electron chi connectivity index (χ4n) is 3.53. The van der Waals surface area contributed by atoms with Gasteiger partial charge in [-0.3, -0.25) is 4.90 Å². The molecule has 0 bridgehead atoms. The van der Waals surface area contributed by atoms with Crippen LogP contribution in [-0.2, 0) is 23.0 Å². The van der Waals surface area contributed by atoms with E-state index in [4.69, 9.17) is 0 Å². The zero-order chi connectivity index (χ0) is 18.7. The van der Waals surface area contributed by atoms with Crippen molar-refractivity contribution in [3.63, 3.8) is 0 Å². The molecule has 2 aromatic rings. The standard InChI is InChI=1S/C19H28N4O2S/c1-4-19-20-7-8-22(19)12-9-21-10-13-23(14-11-21)26(24,25)18-6-5-16(2)15-17(18)3/h5-8,15H,4,9-14H2,1-3H3. The fraction of sp³-hybridized carbons (Fsp3) is 0.526. The molecule has 7 heteroatoms. The number of hydrogen-bond acceptors (Lipinski definition) is 4. The van der Waals surface area contributed by atoms with E-state index in [0.29, 0.717) is 18.0 Å². The first-order chi connectivity index (χ1) is 12.4. The Kier molecular flexibility index (Phi) is 5.79. The topological polar surface area (TPSA) is 58.4 Å². The van der Waals surface area contributed by atoms with Gasteiger partial charge in [0, 0.05) is 58.1 Å². The van der Waals surface area contributed by atoms with E-state index in [9.17, 15) is 8.42 Å². The highest BCUT2D eigenvalue weighted by Crippen LogP contribution is 2.22. The maximum atomic E-state index is 12.9. The van der Waals surface area contributed by atoms with Crippen LogP contribution in [0.4, 0.5) is 0 Å². The van der Waals surface area contributed by atoms with Crippen molar-refractivity contribution in [2.75, 3.05) is 32.7 Å². The zero-order valence-electron chi connectivity index (χ0n) is 15.9. The van der Waals surface area contributed by atoms with E-state index in [1.165, 1.54) is 0 Å². The van der Waals surface area contributed by atoms with Crippen LogP contribution in [-0.4, -0.2) is 59.9 Å². The molecule has 3 rings (SSSR count). The zero-order valence-corrected chi connectivity index (χ0v) is 16.7. The lowest BCUT2D eigenvalue weighted by molar-refractivity contribution is 0.182. The Hall–Kier alpha value is -1.70. The molecule has 0 N–H and O–H groups in total. The number of hydrogen-bond donors (Lipinski definition) is 0. The van der Waals surface area contributed by atoms with Crippen molar-refractivity contribution in [2.24, 2.45) is 0 Å². The number of sulfonamides is 1. The highest BCUT2D eigenvalue weighted by Gasteiger charge is 2.29. The molecule has 0 saturated carbocycles. The van der Waals surface area contributed by atoms with E-state index in [-0.39, 0.29) is 0 Å². The molecule has 0 atom stereocenters. The van der Waals surface area contributed by atoms with Crippen LogP contribution in [0.1, 0.15) is 23.9 Å². The Bertz CT molecular complexity index is 852. The van der Waals surface area contributed by atoms with Crippen LogP contribution in [0, 0.1) is 13.8 Å². The summed E-state index contributed by atoms with van der Waals surface area (Å²) in [5.74, 6) is 1.10. The Labute approximate surface area is 156 Å². The minimum absolute atomic E-state index is 0.433. The maximum absolute atomic E-state index is 12.9. The number of benzene rings is 1. The predicted molar refractivity (Wildman–Crippen MR) is 103 cm³/mol. The summed E-state index contributed by atoms with van der Waals surface area (Å²) in [6.45, 7) is 10.4. The minimum atomic E-state index is -3.41. The van der Waals surface area contributed by atoms with Gasteiger partial charge in [-0.1, -0.05) is 24.6 Å². The molecule has 0 aliphatic carbocycles. The van der Waals surface area contributed by atoms with Gasteiger partial charge in [-0.05, 0) is 25.5 Å². The van der Waals surface area contributed by atoms with Crippen molar-refractivity contribution in [1.82, 2.24) is 18.8 Å². The van der Waals surface area contributed by atoms with Crippen molar-refractivity contribution in [3.05, 3.63) is 47.5 Å². The van der Waals surface area contributed by atoms with E-state index in [2.05, 4.69) is 21.4 Å². The summed E-state index contributed by atoms with van der Waals surface area (Å²) in [5, 5.41) is 0. The van der Waals surface area contributed by atoms with Gasteiger partial charge in [0.1, 0.15) is 5.82 Å². The second-order valence-corrected chi connectivity index (χ2v) is 8.81. The average Bonchev–Trinajstić information content (AvgIpc) is 3.07. The van der Waals surface area contributed by atoms with Gasteiger partial charge in [-0.25, -0.2) is 13.4 Å². The quantitative estimate of drug-likeness (QED) is 0.774. The van der Waals surface area contributed by atoms with Crippen LogP contribution in [0.5, 0.6) is 0 Å². The van der Waals surface area contributed by atoms with Crippen molar-refractivity contribution in [1.29, 1.82) is 0 Å². The van der Waals surface area contributed by atoms with Gasteiger partial charge in [-0.15, -0.1) is 0 Å². The number of aromatic nitrogens is 2. The lowest BCUT2D eigenvalue weighted by atomic mass is 10.2. The molecule has 1 fully saturated rings. The van der Waals surface area contributed by atoms with Gasteiger partial charge in [0.05, 0.1) is 4.90 Å². The van der Waals surface area contributed by atoms with Gasteiger partial charge in [-0.2, -0.15) is 4.31 Å². The van der Waals surface area contributed by atoms with Crippen molar-refractivity contribution < 1.29 is 8.42 Å². The summed E-state index contributed by atoms with van der Waals surface area (Å²) in [5.41, 5.74) is 1.90. The second kappa shape index (κ2) is 7.90. The summed E-state index contributed by atoms with van der Waals surface area (Å²) in [6.07, 6.45) is 4.78. The summed E-state index contributed by atoms with van der Waals surface area (Å²) in [4.78, 5) is 7.11. The number of aryl methyl sites for hydroxylation is 3. The lowest BCUT2D eigenvalue weighted by Crippen LogP contribution is -2.49. The highest BCUT2D eigenvalue weighted by atomic mass is 32.2. The van der Waals surface area contributed by atoms with Crippen LogP contribution in [0.3, 0.4) is 0 Å². The first-order valence-electron chi connectivity index (χ1n) is 9.21. The summed E-state index contributed by atoms with van der Waals surface area (Å²) < 4.78 is 29.7. The molecule has 6 nitrogen and oxygen atoms in total. The van der Waals surface area contributed by atoms with Crippen molar-refractivity contribution >= 4 is 10.0 Å². The lowest BCUT2D eigenvalue weighted by Gasteiger charge is -2.34. The van der Waals surface area contributed by atoms with E-state index in [1.54, 1.807) is 10.4 Å². The van der Waals surface area contributed by atoms with E-state index in [0.717, 1.165) is 49.6 Å². The van der Waals surface area contributed by atoms with Gasteiger partial charge in [0.25, 0.3) is 0 Å². The van der Waals surface area contributed by atoms with Gasteiger partial charge in [0.15, 0.2) is 0 Å². The largest absolute Gasteiger partial charge is 0.334 e. The predicted octanol–water partition coefficient (Wildman–Crippen LogP) is 2.07. The van der Waals surface area contributed by atoms with Crippen LogP contribution < -0.4 is 0 Å². The molecule has 0 spiro atoms. The van der Waals surface area contributed by atoms with Gasteiger partial charge < -0.3 is 4.57 Å². The molecule has 26 heavy (non-hydrogen) atoms. The Morgan fingerprint density at radius 3 is 2.46 bits per heavy atom. The molecule has 1 aliphatic rings. The van der Waals surface area contributed by atoms with Gasteiger partial charge in [0.2, 0.25) is 10.0 Å². The highest BCUT2D eigenvalue weighted by molar-refractivity contribution is 7.89. The monoisotopic (exact) mass is 376 g/mol. The van der Waals surface area contributed by atoms with Crippen LogP contribution in [0.2, 0.25) is 0 Å². The first kappa shape index (κ1) is 19.1. The third-order valence-electron chi connectivity index (χ3n) is 5.05. The average molecular weight is 377 g/mol. The first-order valence-corrected chi connectivity index (χ1v) is 10.7. The van der Waals surface area contributed by atoms with E-state index < -0.39 is 10.0 Å². The molecular formula is C19H28N4O2S. The molecule has 142 valence electrons. The molecule has 0 amide bonds. The molecule has 1 aromatic heterocycles. The number of imidazole rings is 1. The second-order valence-electron chi connectivity index (χ2n) is 6.91. The molecular weight excluding hydrogens is 348 g/mol. The summed E-state index contributed by atoms with van der Waals surface area (Å²) >= 11 is 0. The molecule has 1 aromatic carbocycles. The molecule has 2 heterocycles. The number of rotatable bonds is 6. The number of piperazine rings is 1. The van der Waals surface area contributed by atoms with Crippen LogP contribution >= 0.6 is 0 Å². The smallest absolute Gasteiger partial charge is 0.243 e. The minimum Gasteiger partial charge on any atom is -0.334 e. The summed E-state index contributed by atoms with van der Waals surface area (Å²) in [7, 11) is -3.41. The maximum Gasteiger partial charge on any atom is 0.243 e. The third-order valence-corrected chi connectivity index (χ3v) is 7.11. The fourth-order valence-corrected chi connectivity index (χ4v) is 5.16.